The van der Waals surface area contributed by atoms with Gasteiger partial charge in [-0.15, -0.1) is 0 Å². The molecule has 0 saturated heterocycles. The maximum atomic E-state index is 12.8. The van der Waals surface area contributed by atoms with Gasteiger partial charge in [0.2, 0.25) is 5.89 Å². The highest BCUT2D eigenvalue weighted by Crippen LogP contribution is 2.41. The van der Waals surface area contributed by atoms with Crippen molar-refractivity contribution < 1.29 is 17.9 Å². The number of nitrogen functional groups attached to an aromatic ring is 1. The first-order chi connectivity index (χ1) is 9.03. The number of hydrogen-bond acceptors (Lipinski definition) is 4. The number of halogens is 2. The minimum Gasteiger partial charge on any atom is -0.489 e. The third-order valence-corrected chi connectivity index (χ3v) is 3.01. The Hall–Kier alpha value is -2.11. The van der Waals surface area contributed by atoms with Gasteiger partial charge in [0.15, 0.2) is 0 Å². The van der Waals surface area contributed by atoms with Crippen LogP contribution in [-0.4, -0.2) is 17.0 Å². The predicted molar refractivity (Wildman–Crippen MR) is 64.9 cm³/mol. The smallest absolute Gasteiger partial charge is 0.255 e. The van der Waals surface area contributed by atoms with Crippen LogP contribution in [0.5, 0.6) is 5.75 Å². The zero-order chi connectivity index (χ0) is 13.5. The molecule has 3 rings (SSSR count). The number of oxazole rings is 1. The second-order valence-corrected chi connectivity index (χ2v) is 4.60. The van der Waals surface area contributed by atoms with Gasteiger partial charge in [-0.3, -0.25) is 0 Å². The average molecular weight is 266 g/mol. The Morgan fingerprint density at radius 2 is 2.16 bits per heavy atom. The number of nitrogens with two attached hydrogens (primary N) is 1. The molecule has 0 amide bonds. The van der Waals surface area contributed by atoms with E-state index in [0.29, 0.717) is 22.9 Å². The summed E-state index contributed by atoms with van der Waals surface area (Å²) in [6.07, 6.45) is 1.91. The molecule has 4 nitrogen and oxygen atoms in total. The Labute approximate surface area is 108 Å². The first-order valence-corrected chi connectivity index (χ1v) is 5.87. The molecule has 1 aromatic heterocycles. The number of ether oxygens (including phenoxy) is 1. The number of hydrogen-bond donors (Lipinski definition) is 1. The van der Waals surface area contributed by atoms with Crippen LogP contribution in [0.3, 0.4) is 0 Å². The Kier molecular flexibility index (Phi) is 2.66. The van der Waals surface area contributed by atoms with E-state index in [1.165, 1.54) is 12.5 Å². The molecule has 1 heterocycles. The van der Waals surface area contributed by atoms with Crippen LogP contribution in [0.4, 0.5) is 14.5 Å². The molecular formula is C13H12F2N2O2. The number of benzene rings is 1. The van der Waals surface area contributed by atoms with Crippen molar-refractivity contribution in [1.29, 1.82) is 0 Å². The van der Waals surface area contributed by atoms with E-state index >= 15 is 0 Å². The van der Waals surface area contributed by atoms with Crippen molar-refractivity contribution in [3.05, 3.63) is 30.7 Å². The van der Waals surface area contributed by atoms with Gasteiger partial charge in [-0.25, -0.2) is 13.8 Å². The summed E-state index contributed by atoms with van der Waals surface area (Å²) in [6.45, 7) is 0. The van der Waals surface area contributed by atoms with Crippen LogP contribution in [0.15, 0.2) is 35.1 Å². The monoisotopic (exact) mass is 266 g/mol. The van der Waals surface area contributed by atoms with Crippen LogP contribution in [-0.2, 0) is 0 Å². The summed E-state index contributed by atoms with van der Waals surface area (Å²) in [5.41, 5.74) is 6.79. The molecule has 2 N–H and O–H groups in total. The Balaban J connectivity index is 1.86. The Morgan fingerprint density at radius 3 is 2.79 bits per heavy atom. The zero-order valence-electron chi connectivity index (χ0n) is 9.98. The lowest BCUT2D eigenvalue weighted by atomic mass is 9.91. The zero-order valence-corrected chi connectivity index (χ0v) is 9.98. The molecule has 0 atom stereocenters. The van der Waals surface area contributed by atoms with Gasteiger partial charge >= 0.3 is 0 Å². The van der Waals surface area contributed by atoms with E-state index in [0.717, 1.165) is 0 Å². The topological polar surface area (TPSA) is 61.3 Å². The van der Waals surface area contributed by atoms with Crippen molar-refractivity contribution in [2.75, 3.05) is 5.73 Å². The van der Waals surface area contributed by atoms with Crippen LogP contribution >= 0.6 is 0 Å². The maximum Gasteiger partial charge on any atom is 0.255 e. The van der Waals surface area contributed by atoms with Crippen molar-refractivity contribution in [1.82, 2.24) is 4.98 Å². The molecule has 0 spiro atoms. The molecule has 0 aliphatic heterocycles. The molecule has 1 aromatic carbocycles. The van der Waals surface area contributed by atoms with Gasteiger partial charge in [0, 0.05) is 24.6 Å². The van der Waals surface area contributed by atoms with Gasteiger partial charge in [0.1, 0.15) is 18.1 Å². The molecule has 0 bridgehead atoms. The molecule has 0 radical (unpaired) electrons. The third-order valence-electron chi connectivity index (χ3n) is 3.01. The maximum absolute atomic E-state index is 12.8. The second kappa shape index (κ2) is 4.22. The average Bonchev–Trinajstić information content (AvgIpc) is 2.80. The highest BCUT2D eigenvalue weighted by atomic mass is 19.3. The summed E-state index contributed by atoms with van der Waals surface area (Å²) < 4.78 is 36.4. The van der Waals surface area contributed by atoms with Crippen LogP contribution in [0.2, 0.25) is 0 Å². The fraction of sp³-hybridized carbons (Fsp3) is 0.308. The lowest BCUT2D eigenvalue weighted by Gasteiger charge is -2.35. The second-order valence-electron chi connectivity index (χ2n) is 4.60. The number of aromatic nitrogens is 1. The van der Waals surface area contributed by atoms with Crippen molar-refractivity contribution in [3.8, 4) is 17.2 Å². The van der Waals surface area contributed by atoms with E-state index in [4.69, 9.17) is 14.9 Å². The van der Waals surface area contributed by atoms with Crippen molar-refractivity contribution in [3.63, 3.8) is 0 Å². The van der Waals surface area contributed by atoms with Crippen LogP contribution in [0.25, 0.3) is 11.5 Å². The summed E-state index contributed by atoms with van der Waals surface area (Å²) >= 11 is 0. The van der Waals surface area contributed by atoms with Crippen LogP contribution < -0.4 is 10.5 Å². The minimum absolute atomic E-state index is 0.271. The fourth-order valence-electron chi connectivity index (χ4n) is 2.04. The van der Waals surface area contributed by atoms with E-state index in [1.807, 2.05) is 0 Å². The SMILES string of the molecule is Nc1ccc(-c2ncco2)c(OC2CC(F)(F)C2)c1. The summed E-state index contributed by atoms with van der Waals surface area (Å²) in [7, 11) is 0. The van der Waals surface area contributed by atoms with Gasteiger partial charge in [-0.05, 0) is 12.1 Å². The van der Waals surface area contributed by atoms with Crippen LogP contribution in [0.1, 0.15) is 12.8 Å². The molecule has 1 aliphatic carbocycles. The van der Waals surface area contributed by atoms with Crippen molar-refractivity contribution in [2.24, 2.45) is 0 Å². The number of alkyl halides is 2. The van der Waals surface area contributed by atoms with Crippen molar-refractivity contribution in [2.45, 2.75) is 24.9 Å². The molecule has 1 aliphatic rings. The molecule has 19 heavy (non-hydrogen) atoms. The summed E-state index contributed by atoms with van der Waals surface area (Å²) in [4.78, 5) is 4.02. The molecule has 2 aromatic rings. The predicted octanol–water partition coefficient (Wildman–Crippen LogP) is 3.10. The molecule has 0 unspecified atom stereocenters. The van der Waals surface area contributed by atoms with Gasteiger partial charge in [0.25, 0.3) is 5.92 Å². The van der Waals surface area contributed by atoms with Gasteiger partial charge in [-0.2, -0.15) is 0 Å². The van der Waals surface area contributed by atoms with E-state index in [2.05, 4.69) is 4.98 Å². The Bertz CT molecular complexity index is 576. The first-order valence-electron chi connectivity index (χ1n) is 5.87. The normalized spacial score (nSPS) is 18.0. The summed E-state index contributed by atoms with van der Waals surface area (Å²) in [5.74, 6) is -1.82. The van der Waals surface area contributed by atoms with E-state index in [1.54, 1.807) is 18.2 Å². The summed E-state index contributed by atoms with van der Waals surface area (Å²) in [6, 6.07) is 4.98. The van der Waals surface area contributed by atoms with Gasteiger partial charge < -0.3 is 14.9 Å². The number of nitrogens with zero attached hydrogens (tertiary/aromatic N) is 1. The number of rotatable bonds is 3. The van der Waals surface area contributed by atoms with Crippen LogP contribution in [0, 0.1) is 0 Å². The highest BCUT2D eigenvalue weighted by Gasteiger charge is 2.47. The first kappa shape index (κ1) is 12.0. The van der Waals surface area contributed by atoms with E-state index < -0.39 is 12.0 Å². The summed E-state index contributed by atoms with van der Waals surface area (Å²) in [5, 5.41) is 0. The van der Waals surface area contributed by atoms with Gasteiger partial charge in [0.05, 0.1) is 11.8 Å². The lowest BCUT2D eigenvalue weighted by molar-refractivity contribution is -0.134. The molecular weight excluding hydrogens is 254 g/mol. The third kappa shape index (κ3) is 2.38. The van der Waals surface area contributed by atoms with Crippen molar-refractivity contribution >= 4 is 5.69 Å². The number of anilines is 1. The standard InChI is InChI=1S/C13H12F2N2O2/c14-13(15)6-9(7-13)19-11-5-8(16)1-2-10(11)12-17-3-4-18-12/h1-5,9H,6-7,16H2. The minimum atomic E-state index is -2.62. The molecule has 100 valence electrons. The molecule has 1 fully saturated rings. The van der Waals surface area contributed by atoms with E-state index in [9.17, 15) is 8.78 Å². The Morgan fingerprint density at radius 1 is 1.37 bits per heavy atom. The largest absolute Gasteiger partial charge is 0.489 e. The fourth-order valence-corrected chi connectivity index (χ4v) is 2.04. The lowest BCUT2D eigenvalue weighted by Crippen LogP contribution is -2.43. The van der Waals surface area contributed by atoms with Gasteiger partial charge in [-0.1, -0.05) is 0 Å². The molecule has 6 heteroatoms. The quantitative estimate of drug-likeness (QED) is 0.867. The van der Waals surface area contributed by atoms with E-state index in [-0.39, 0.29) is 12.8 Å². The molecule has 1 saturated carbocycles. The highest BCUT2D eigenvalue weighted by molar-refractivity contribution is 5.66.